The van der Waals surface area contributed by atoms with Gasteiger partial charge in [-0.2, -0.15) is 0 Å². The number of sulfone groups is 1. The molecule has 108 valence electrons. The highest BCUT2D eigenvalue weighted by molar-refractivity contribution is 7.91. The monoisotopic (exact) mass is 303 g/mol. The van der Waals surface area contributed by atoms with Crippen molar-refractivity contribution in [2.45, 2.75) is 31.8 Å². The number of hydrogen-bond donors (Lipinski definition) is 1. The van der Waals surface area contributed by atoms with E-state index in [1.54, 1.807) is 11.3 Å². The quantitative estimate of drug-likeness (QED) is 0.890. The van der Waals surface area contributed by atoms with Gasteiger partial charge < -0.3 is 5.73 Å². The fourth-order valence-corrected chi connectivity index (χ4v) is 4.74. The molecule has 0 aromatic carbocycles. The summed E-state index contributed by atoms with van der Waals surface area (Å²) in [5.41, 5.74) is 6.76. The highest BCUT2D eigenvalue weighted by Gasteiger charge is 2.39. The van der Waals surface area contributed by atoms with Crippen molar-refractivity contribution in [1.29, 1.82) is 0 Å². The van der Waals surface area contributed by atoms with Crippen LogP contribution in [0.4, 0.5) is 0 Å². The number of hydrogen-bond acceptors (Lipinski definition) is 6. The van der Waals surface area contributed by atoms with E-state index in [1.807, 2.05) is 14.0 Å². The van der Waals surface area contributed by atoms with Crippen molar-refractivity contribution >= 4 is 21.2 Å². The molecule has 2 heterocycles. The lowest BCUT2D eigenvalue weighted by Gasteiger charge is -2.43. The van der Waals surface area contributed by atoms with E-state index < -0.39 is 9.84 Å². The molecule has 0 spiro atoms. The van der Waals surface area contributed by atoms with Gasteiger partial charge in [0.05, 0.1) is 22.2 Å². The summed E-state index contributed by atoms with van der Waals surface area (Å²) in [5.74, 6) is 0.481. The zero-order chi connectivity index (χ0) is 14.1. The van der Waals surface area contributed by atoms with E-state index in [0.29, 0.717) is 19.4 Å². The highest BCUT2D eigenvalue weighted by atomic mass is 32.2. The normalized spacial score (nSPS) is 21.7. The summed E-state index contributed by atoms with van der Waals surface area (Å²) in [5, 5.41) is 3.10. The molecule has 1 aliphatic heterocycles. The van der Waals surface area contributed by atoms with Crippen LogP contribution in [0.15, 0.2) is 5.38 Å². The summed E-state index contributed by atoms with van der Waals surface area (Å²) < 4.78 is 23.1. The summed E-state index contributed by atoms with van der Waals surface area (Å²) in [7, 11) is -0.849. The number of aryl methyl sites for hydroxylation is 1. The molecule has 2 N–H and O–H groups in total. The van der Waals surface area contributed by atoms with Gasteiger partial charge in [0.1, 0.15) is 9.84 Å². The Morgan fingerprint density at radius 3 is 2.58 bits per heavy atom. The van der Waals surface area contributed by atoms with Crippen molar-refractivity contribution in [3.8, 4) is 0 Å². The Hall–Kier alpha value is -0.500. The molecule has 0 radical (unpaired) electrons. The minimum Gasteiger partial charge on any atom is -0.329 e. The van der Waals surface area contributed by atoms with Crippen molar-refractivity contribution in [3.63, 3.8) is 0 Å². The molecule has 0 aliphatic carbocycles. The van der Waals surface area contributed by atoms with Crippen molar-refractivity contribution in [1.82, 2.24) is 9.88 Å². The Labute approximate surface area is 118 Å². The van der Waals surface area contributed by atoms with Gasteiger partial charge in [-0.15, -0.1) is 11.3 Å². The zero-order valence-corrected chi connectivity index (χ0v) is 13.1. The van der Waals surface area contributed by atoms with Gasteiger partial charge in [-0.1, -0.05) is 0 Å². The van der Waals surface area contributed by atoms with Gasteiger partial charge in [0.2, 0.25) is 0 Å². The number of thiazole rings is 1. The van der Waals surface area contributed by atoms with Crippen LogP contribution in [-0.2, 0) is 16.4 Å². The molecule has 0 bridgehead atoms. The molecule has 1 fully saturated rings. The van der Waals surface area contributed by atoms with Gasteiger partial charge in [-0.05, 0) is 26.8 Å². The van der Waals surface area contributed by atoms with Crippen LogP contribution in [-0.4, -0.2) is 48.9 Å². The first-order valence-corrected chi connectivity index (χ1v) is 9.10. The van der Waals surface area contributed by atoms with E-state index >= 15 is 0 Å². The maximum absolute atomic E-state index is 11.6. The zero-order valence-electron chi connectivity index (χ0n) is 11.4. The molecule has 7 heteroatoms. The lowest BCUT2D eigenvalue weighted by Crippen LogP contribution is -2.56. The molecule has 1 aliphatic rings. The van der Waals surface area contributed by atoms with Crippen LogP contribution < -0.4 is 5.73 Å². The van der Waals surface area contributed by atoms with Gasteiger partial charge in [0, 0.05) is 24.0 Å². The largest absolute Gasteiger partial charge is 0.329 e. The van der Waals surface area contributed by atoms with Gasteiger partial charge in [-0.3, -0.25) is 4.90 Å². The van der Waals surface area contributed by atoms with Crippen LogP contribution in [0.1, 0.15) is 23.5 Å². The van der Waals surface area contributed by atoms with Crippen LogP contribution in [0, 0.1) is 6.92 Å². The molecule has 19 heavy (non-hydrogen) atoms. The number of nitrogens with two attached hydrogens (primary N) is 1. The summed E-state index contributed by atoms with van der Waals surface area (Å²) >= 11 is 1.63. The summed E-state index contributed by atoms with van der Waals surface area (Å²) in [4.78, 5) is 6.63. The number of aromatic nitrogens is 1. The first-order valence-electron chi connectivity index (χ1n) is 6.40. The van der Waals surface area contributed by atoms with Gasteiger partial charge in [0.15, 0.2) is 0 Å². The SMILES string of the molecule is Cc1nc(CN(C)C2(CN)CCS(=O)(=O)CC2)cs1. The fraction of sp³-hybridized carbons (Fsp3) is 0.750. The van der Waals surface area contributed by atoms with Crippen LogP contribution in [0.25, 0.3) is 0 Å². The summed E-state index contributed by atoms with van der Waals surface area (Å²) in [6.07, 6.45) is 1.23. The maximum atomic E-state index is 11.6. The minimum atomic E-state index is -2.86. The second-order valence-corrected chi connectivity index (χ2v) is 8.66. The molecule has 1 aromatic rings. The molecule has 0 amide bonds. The van der Waals surface area contributed by atoms with Crippen LogP contribution >= 0.6 is 11.3 Å². The lowest BCUT2D eigenvalue weighted by atomic mass is 9.90. The average Bonchev–Trinajstić information content (AvgIpc) is 2.75. The van der Waals surface area contributed by atoms with E-state index in [0.717, 1.165) is 17.2 Å². The summed E-state index contributed by atoms with van der Waals surface area (Å²) in [6, 6.07) is 0. The predicted octanol–water partition coefficient (Wildman–Crippen LogP) is 0.789. The predicted molar refractivity (Wildman–Crippen MR) is 78.0 cm³/mol. The molecule has 1 saturated heterocycles. The molecule has 0 saturated carbocycles. The Bertz CT molecular complexity index is 525. The Kier molecular flexibility index (Phi) is 4.29. The molecule has 1 aromatic heterocycles. The van der Waals surface area contributed by atoms with Gasteiger partial charge in [0.25, 0.3) is 0 Å². The Morgan fingerprint density at radius 1 is 1.47 bits per heavy atom. The van der Waals surface area contributed by atoms with Gasteiger partial charge >= 0.3 is 0 Å². The third-order valence-electron chi connectivity index (χ3n) is 4.01. The molecular formula is C12H21N3O2S2. The second-order valence-electron chi connectivity index (χ2n) is 5.29. The first-order chi connectivity index (χ1) is 8.87. The van der Waals surface area contributed by atoms with E-state index in [2.05, 4.69) is 15.3 Å². The molecule has 0 atom stereocenters. The van der Waals surface area contributed by atoms with Crippen molar-refractivity contribution in [2.24, 2.45) is 5.73 Å². The Balaban J connectivity index is 2.09. The Morgan fingerprint density at radius 2 is 2.11 bits per heavy atom. The van der Waals surface area contributed by atoms with Crippen molar-refractivity contribution in [3.05, 3.63) is 16.1 Å². The number of nitrogens with zero attached hydrogens (tertiary/aromatic N) is 2. The lowest BCUT2D eigenvalue weighted by molar-refractivity contribution is 0.104. The summed E-state index contributed by atoms with van der Waals surface area (Å²) in [6.45, 7) is 3.20. The maximum Gasteiger partial charge on any atom is 0.150 e. The van der Waals surface area contributed by atoms with Crippen molar-refractivity contribution in [2.75, 3.05) is 25.1 Å². The average molecular weight is 303 g/mol. The smallest absolute Gasteiger partial charge is 0.150 e. The van der Waals surface area contributed by atoms with Crippen molar-refractivity contribution < 1.29 is 8.42 Å². The second kappa shape index (κ2) is 5.47. The number of rotatable bonds is 4. The molecular weight excluding hydrogens is 282 g/mol. The molecule has 0 unspecified atom stereocenters. The van der Waals surface area contributed by atoms with E-state index in [9.17, 15) is 8.42 Å². The third-order valence-corrected chi connectivity index (χ3v) is 6.49. The first kappa shape index (κ1) is 14.9. The minimum absolute atomic E-state index is 0.206. The standard InChI is InChI=1S/C12H21N3O2S2/c1-10-14-11(8-18-10)7-15(2)12(9-13)3-5-19(16,17)6-4-12/h8H,3-7,9,13H2,1-2H3. The fourth-order valence-electron chi connectivity index (χ4n) is 2.55. The van der Waals surface area contributed by atoms with E-state index in [4.69, 9.17) is 5.73 Å². The van der Waals surface area contributed by atoms with E-state index in [-0.39, 0.29) is 17.0 Å². The van der Waals surface area contributed by atoms with E-state index in [1.165, 1.54) is 0 Å². The highest BCUT2D eigenvalue weighted by Crippen LogP contribution is 2.29. The number of likely N-dealkylation sites (N-methyl/N-ethyl adjacent to an activating group) is 1. The van der Waals surface area contributed by atoms with Crippen LogP contribution in [0.5, 0.6) is 0 Å². The molecule has 2 rings (SSSR count). The van der Waals surface area contributed by atoms with Gasteiger partial charge in [-0.25, -0.2) is 13.4 Å². The molecule has 5 nitrogen and oxygen atoms in total. The topological polar surface area (TPSA) is 76.3 Å². The van der Waals surface area contributed by atoms with Crippen LogP contribution in [0.3, 0.4) is 0 Å². The van der Waals surface area contributed by atoms with Crippen LogP contribution in [0.2, 0.25) is 0 Å². The third kappa shape index (κ3) is 3.34.